The topological polar surface area (TPSA) is 38.7 Å². The Morgan fingerprint density at radius 2 is 1.18 bits per heavy atom. The minimum Gasteiger partial charge on any atom is -0.208 e. The molecule has 0 bridgehead atoms. The lowest BCUT2D eigenvalue weighted by molar-refractivity contribution is 0.779. The minimum absolute atomic E-state index is 0.427. The molecule has 1 heterocycles. The van der Waals surface area contributed by atoms with Crippen LogP contribution in [0.4, 0.5) is 0 Å². The van der Waals surface area contributed by atoms with E-state index >= 15 is 0 Å². The Hall–Kier alpha value is -5.93. The van der Waals surface area contributed by atoms with Gasteiger partial charge >= 0.3 is 0 Å². The van der Waals surface area contributed by atoms with Crippen molar-refractivity contribution in [1.82, 2.24) is 15.0 Å². The summed E-state index contributed by atoms with van der Waals surface area (Å²) in [6, 6.07) is 44.9. The molecule has 236 valence electrons. The Morgan fingerprint density at radius 3 is 1.86 bits per heavy atom. The fraction of sp³-hybridized carbons (Fsp3) is 0.109. The number of allylic oxidation sites excluding steroid dienone is 2. The zero-order chi connectivity index (χ0) is 33.3. The first kappa shape index (κ1) is 30.4. The summed E-state index contributed by atoms with van der Waals surface area (Å²) in [5, 5.41) is 2.59. The van der Waals surface area contributed by atoms with Gasteiger partial charge in [0.2, 0.25) is 0 Å². The third kappa shape index (κ3) is 5.78. The van der Waals surface area contributed by atoms with Crippen molar-refractivity contribution in [1.29, 1.82) is 0 Å². The van der Waals surface area contributed by atoms with Crippen molar-refractivity contribution in [3.05, 3.63) is 162 Å². The summed E-state index contributed by atoms with van der Waals surface area (Å²) in [7, 11) is 0. The van der Waals surface area contributed by atoms with Crippen LogP contribution in [0.25, 0.3) is 79.3 Å². The van der Waals surface area contributed by atoms with Crippen LogP contribution in [-0.2, 0) is 0 Å². The number of nitrogens with zero attached hydrogens (tertiary/aromatic N) is 3. The van der Waals surface area contributed by atoms with Gasteiger partial charge in [-0.3, -0.25) is 0 Å². The van der Waals surface area contributed by atoms with Crippen molar-refractivity contribution in [3.8, 4) is 56.4 Å². The Bertz CT molecular complexity index is 2330. The maximum absolute atomic E-state index is 5.14. The number of hydrogen-bond acceptors (Lipinski definition) is 3. The molecular weight excluding hydrogens is 595 g/mol. The summed E-state index contributed by atoms with van der Waals surface area (Å²) in [6.07, 6.45) is 10.0. The molecule has 0 saturated heterocycles. The fourth-order valence-corrected chi connectivity index (χ4v) is 7.17. The molecule has 1 aliphatic rings. The number of benzene rings is 6. The molecule has 1 atom stereocenters. The number of aromatic nitrogens is 3. The van der Waals surface area contributed by atoms with Crippen LogP contribution >= 0.6 is 0 Å². The molecule has 3 heteroatoms. The minimum atomic E-state index is 0.427. The van der Waals surface area contributed by atoms with Gasteiger partial charge in [-0.15, -0.1) is 0 Å². The molecular formula is C46H37N3. The second-order valence-corrected chi connectivity index (χ2v) is 12.9. The molecule has 49 heavy (non-hydrogen) atoms. The molecule has 7 aromatic rings. The molecule has 6 aromatic carbocycles. The second-order valence-electron chi connectivity index (χ2n) is 12.9. The molecule has 0 amide bonds. The SMILES string of the molecule is C/C=C\c1c(C)cccc1-c1cc(-c2nc(-c3ccccc3)nc(-c3ccccc3)n2)cc(-c2cc3ccccc3c3c2C=CCC3C)c1. The zero-order valence-corrected chi connectivity index (χ0v) is 28.1. The average molecular weight is 632 g/mol. The molecule has 0 fully saturated rings. The molecule has 3 nitrogen and oxygen atoms in total. The van der Waals surface area contributed by atoms with Gasteiger partial charge in [-0.1, -0.05) is 134 Å². The van der Waals surface area contributed by atoms with E-state index in [1.165, 1.54) is 44.2 Å². The monoisotopic (exact) mass is 631 g/mol. The van der Waals surface area contributed by atoms with E-state index in [0.29, 0.717) is 23.4 Å². The predicted octanol–water partition coefficient (Wildman–Crippen LogP) is 12.2. The van der Waals surface area contributed by atoms with Gasteiger partial charge in [0.15, 0.2) is 17.5 Å². The van der Waals surface area contributed by atoms with Crippen molar-refractivity contribution in [2.24, 2.45) is 0 Å². The molecule has 1 aromatic heterocycles. The van der Waals surface area contributed by atoms with Crippen molar-refractivity contribution >= 4 is 22.9 Å². The molecule has 1 unspecified atom stereocenters. The third-order valence-corrected chi connectivity index (χ3v) is 9.57. The van der Waals surface area contributed by atoms with Crippen molar-refractivity contribution in [2.75, 3.05) is 0 Å². The van der Waals surface area contributed by atoms with Crippen LogP contribution in [0.3, 0.4) is 0 Å². The van der Waals surface area contributed by atoms with E-state index in [2.05, 4.69) is 136 Å². The maximum atomic E-state index is 5.14. The van der Waals surface area contributed by atoms with Gasteiger partial charge in [-0.25, -0.2) is 15.0 Å². The summed E-state index contributed by atoms with van der Waals surface area (Å²) < 4.78 is 0. The van der Waals surface area contributed by atoms with Gasteiger partial charge in [0, 0.05) is 16.7 Å². The molecule has 0 aliphatic heterocycles. The van der Waals surface area contributed by atoms with E-state index < -0.39 is 0 Å². The normalized spacial score (nSPS) is 14.0. The van der Waals surface area contributed by atoms with Gasteiger partial charge in [0.25, 0.3) is 0 Å². The fourth-order valence-electron chi connectivity index (χ4n) is 7.17. The lowest BCUT2D eigenvalue weighted by atomic mass is 9.80. The molecule has 0 radical (unpaired) electrons. The zero-order valence-electron chi connectivity index (χ0n) is 28.1. The van der Waals surface area contributed by atoms with Gasteiger partial charge in [-0.05, 0) is 106 Å². The lowest BCUT2D eigenvalue weighted by Gasteiger charge is -2.24. The second kappa shape index (κ2) is 12.9. The van der Waals surface area contributed by atoms with Gasteiger partial charge in [0.1, 0.15) is 0 Å². The van der Waals surface area contributed by atoms with Gasteiger partial charge in [-0.2, -0.15) is 0 Å². The summed E-state index contributed by atoms with van der Waals surface area (Å²) in [5.74, 6) is 2.38. The van der Waals surface area contributed by atoms with Crippen LogP contribution in [0.5, 0.6) is 0 Å². The van der Waals surface area contributed by atoms with Crippen LogP contribution in [0.2, 0.25) is 0 Å². The molecule has 0 N–H and O–H groups in total. The maximum Gasteiger partial charge on any atom is 0.164 e. The van der Waals surface area contributed by atoms with Crippen LogP contribution in [-0.4, -0.2) is 15.0 Å². The van der Waals surface area contributed by atoms with Crippen LogP contribution < -0.4 is 0 Å². The predicted molar refractivity (Wildman–Crippen MR) is 206 cm³/mol. The van der Waals surface area contributed by atoms with Gasteiger partial charge < -0.3 is 0 Å². The highest BCUT2D eigenvalue weighted by molar-refractivity contribution is 5.98. The van der Waals surface area contributed by atoms with E-state index in [1.54, 1.807) is 0 Å². The molecule has 0 saturated carbocycles. The first-order valence-corrected chi connectivity index (χ1v) is 17.0. The highest BCUT2D eigenvalue weighted by Crippen LogP contribution is 2.43. The molecule has 1 aliphatic carbocycles. The van der Waals surface area contributed by atoms with E-state index in [4.69, 9.17) is 15.0 Å². The Labute approximate surface area is 288 Å². The highest BCUT2D eigenvalue weighted by Gasteiger charge is 2.22. The first-order chi connectivity index (χ1) is 24.1. The van der Waals surface area contributed by atoms with Crippen molar-refractivity contribution in [3.63, 3.8) is 0 Å². The summed E-state index contributed by atoms with van der Waals surface area (Å²) >= 11 is 0. The highest BCUT2D eigenvalue weighted by atomic mass is 15.0. The molecule has 8 rings (SSSR count). The van der Waals surface area contributed by atoms with E-state index in [9.17, 15) is 0 Å². The van der Waals surface area contributed by atoms with Crippen molar-refractivity contribution in [2.45, 2.75) is 33.1 Å². The quantitative estimate of drug-likeness (QED) is 0.183. The largest absolute Gasteiger partial charge is 0.208 e. The number of hydrogen-bond donors (Lipinski definition) is 0. The van der Waals surface area contributed by atoms with Crippen LogP contribution in [0, 0.1) is 6.92 Å². The summed E-state index contributed by atoms with van der Waals surface area (Å²) in [5.41, 5.74) is 12.7. The standard InChI is InChI=1S/C46H37N3/c1-4-15-38-30(2)16-13-24-39(38)35-26-36(42-29-34-22-11-12-23-40(34)43-31(3)17-14-25-41(42)43)28-37(27-35)46-48-44(32-18-7-5-8-19-32)47-45(49-46)33-20-9-6-10-21-33/h4-16,18-29,31H,17H2,1-3H3/b15-4-. The van der Waals surface area contributed by atoms with E-state index in [0.717, 1.165) is 34.2 Å². The van der Waals surface area contributed by atoms with Crippen molar-refractivity contribution < 1.29 is 0 Å². The van der Waals surface area contributed by atoms with Crippen LogP contribution in [0.15, 0.2) is 140 Å². The smallest absolute Gasteiger partial charge is 0.164 e. The van der Waals surface area contributed by atoms with Crippen LogP contribution in [0.1, 0.15) is 48.4 Å². The Kier molecular flexibility index (Phi) is 8.03. The molecule has 0 spiro atoms. The lowest BCUT2D eigenvalue weighted by Crippen LogP contribution is -2.04. The van der Waals surface area contributed by atoms with E-state index in [1.807, 2.05) is 36.4 Å². The summed E-state index contributed by atoms with van der Waals surface area (Å²) in [4.78, 5) is 15.3. The summed E-state index contributed by atoms with van der Waals surface area (Å²) in [6.45, 7) is 6.60. The van der Waals surface area contributed by atoms with E-state index in [-0.39, 0.29) is 0 Å². The van der Waals surface area contributed by atoms with Gasteiger partial charge in [0.05, 0.1) is 0 Å². The number of fused-ring (bicyclic) bond motifs is 3. The Balaban J connectivity index is 1.43. The number of aryl methyl sites for hydroxylation is 1. The number of rotatable bonds is 6. The third-order valence-electron chi connectivity index (χ3n) is 9.57. The first-order valence-electron chi connectivity index (χ1n) is 17.0. The Morgan fingerprint density at radius 1 is 0.592 bits per heavy atom. The average Bonchev–Trinajstić information content (AvgIpc) is 3.15.